The van der Waals surface area contributed by atoms with Gasteiger partial charge in [-0.1, -0.05) is 97.5 Å². The fourth-order valence-corrected chi connectivity index (χ4v) is 15.0. The number of aliphatic hydroxyl groups excluding tert-OH is 2. The summed E-state index contributed by atoms with van der Waals surface area (Å²) in [5.74, 6) is -4.60. The molecule has 0 spiro atoms. The summed E-state index contributed by atoms with van der Waals surface area (Å²) in [5, 5.41) is 39.5. The highest BCUT2D eigenvalue weighted by Crippen LogP contribution is 2.47. The van der Waals surface area contributed by atoms with Gasteiger partial charge in [0.2, 0.25) is 43.6 Å². The fourth-order valence-electron chi connectivity index (χ4n) is 10.9. The van der Waals surface area contributed by atoms with Gasteiger partial charge in [0.15, 0.2) is 6.10 Å². The Morgan fingerprint density at radius 2 is 1.06 bits per heavy atom. The summed E-state index contributed by atoms with van der Waals surface area (Å²) in [5.41, 5.74) is -0.286. The number of nitrogens with zero attached hydrogens (tertiary/aromatic N) is 5. The van der Waals surface area contributed by atoms with Crippen LogP contribution in [0.25, 0.3) is 43.2 Å². The molecule has 94 heavy (non-hydrogen) atoms. The maximum absolute atomic E-state index is 14.0. The van der Waals surface area contributed by atoms with Crippen molar-refractivity contribution in [2.75, 3.05) is 13.1 Å². The number of carboxylic acid groups (broad SMARTS) is 1. The lowest BCUT2D eigenvalue weighted by Gasteiger charge is -2.32. The Hall–Kier alpha value is -7.80. The predicted octanol–water partition coefficient (Wildman–Crippen LogP) is 6.03. The average molecular weight is 1370 g/mol. The summed E-state index contributed by atoms with van der Waals surface area (Å²) < 4.78 is 66.7. The van der Waals surface area contributed by atoms with Crippen molar-refractivity contribution in [2.24, 2.45) is 22.7 Å². The fraction of sp³-hybridized carbons (Fsp3) is 0.477. The molecular formula is C65H80N10O15S4. The number of nitrogens with one attached hydrogen (secondary N) is 5. The number of aliphatic carboxylic acids is 1. The normalized spacial score (nSPS) is 24.5. The summed E-state index contributed by atoms with van der Waals surface area (Å²) >= 11 is 3.01. The number of hydrogen-bond donors (Lipinski definition) is 8. The first-order valence-corrected chi connectivity index (χ1v) is 35.3. The van der Waals surface area contributed by atoms with Gasteiger partial charge in [-0.15, -0.1) is 35.8 Å². The minimum absolute atomic E-state index is 0. The number of ether oxygens (including phenoxy) is 2. The van der Waals surface area contributed by atoms with Crippen LogP contribution in [0, 0.1) is 22.7 Å². The van der Waals surface area contributed by atoms with E-state index in [0.717, 1.165) is 15.3 Å². The first-order valence-electron chi connectivity index (χ1n) is 30.5. The number of carboxylic acids is 1. The van der Waals surface area contributed by atoms with Crippen LogP contribution in [0.1, 0.15) is 100 Å². The third kappa shape index (κ3) is 15.6. The lowest BCUT2D eigenvalue weighted by Crippen LogP contribution is -2.57. The van der Waals surface area contributed by atoms with E-state index in [4.69, 9.17) is 39.6 Å². The van der Waals surface area contributed by atoms with Crippen molar-refractivity contribution >= 4 is 100 Å². The molecule has 5 amide bonds. The molecule has 25 nitrogen and oxygen atoms in total. The maximum atomic E-state index is 14.0. The van der Waals surface area contributed by atoms with Crippen LogP contribution in [0.4, 0.5) is 0 Å². The molecule has 6 heterocycles. The summed E-state index contributed by atoms with van der Waals surface area (Å²) in [6, 6.07) is 20.9. The standard InChI is InChI=1S/C32H37N5O7S2.C26H27N5O5S2.C6H12O3.CH4/c1-5-18-16-32(18,30(41)36-46(42,43)20-12-13-20)35-27(39)23-15-19(17-37(23)29(40)26(38)31(2,3)4)44-28-25(24-11-8-14-45-24)33-21-9-6-7-10-22(21)34-28;1-2-15-13-26(15,25(33)31-38(34,35)17-9-10-17)30-23(32)20-12-16(14-27-20)36-24-22(21-8-5-11-37-21)28-18-6-3-4-7-19(18)29-24;1-6(2,3)4(7)5(8)9;/h5-11,14,18-20,23,26,38H,1,12-13,15-17H2,2-4H3,(H,35,39)(H,36,41);2-8,11,15-17,20,27H,1,9-10,12-14H2,(H,30,32)(H,31,33);4,7H,1-3H3,(H,8,9);1H4/t18-,19-,23+,26-,32-;15-,16-,20+,26-;;/m11../s1. The number of carbonyl (C=O) groups excluding carboxylic acids is 5. The van der Waals surface area contributed by atoms with Crippen molar-refractivity contribution in [1.82, 2.24) is 50.2 Å². The second-order valence-corrected chi connectivity index (χ2v) is 32.2. The van der Waals surface area contributed by atoms with Crippen molar-refractivity contribution in [3.05, 3.63) is 109 Å². The minimum Gasteiger partial charge on any atom is -0.479 e. The zero-order valence-corrected chi connectivity index (χ0v) is 55.4. The van der Waals surface area contributed by atoms with E-state index in [1.54, 1.807) is 47.6 Å². The lowest BCUT2D eigenvalue weighted by molar-refractivity contribution is -0.152. The smallest absolute Gasteiger partial charge is 0.333 e. The van der Waals surface area contributed by atoms with Crippen molar-refractivity contribution in [1.29, 1.82) is 0 Å². The summed E-state index contributed by atoms with van der Waals surface area (Å²) in [6.45, 7) is 18.0. The number of para-hydroxylation sites is 4. The molecule has 10 atom stereocenters. The number of sulfonamides is 2. The van der Waals surface area contributed by atoms with Crippen molar-refractivity contribution in [3.8, 4) is 32.9 Å². The Kier molecular flexibility index (Phi) is 20.6. The number of amides is 5. The second-order valence-electron chi connectivity index (χ2n) is 26.3. The van der Waals surface area contributed by atoms with Gasteiger partial charge in [0.25, 0.3) is 17.7 Å². The van der Waals surface area contributed by atoms with Gasteiger partial charge >= 0.3 is 5.97 Å². The van der Waals surface area contributed by atoms with Crippen LogP contribution in [0.5, 0.6) is 11.8 Å². The first kappa shape index (κ1) is 70.5. The molecule has 1 unspecified atom stereocenters. The second kappa shape index (κ2) is 27.5. The number of carbonyl (C=O) groups is 6. The molecule has 6 fully saturated rings. The van der Waals surface area contributed by atoms with Crippen LogP contribution < -0.4 is 34.9 Å². The minimum atomic E-state index is -3.86. The molecule has 0 bridgehead atoms. The Morgan fingerprint density at radius 1 is 0.638 bits per heavy atom. The number of thiophene rings is 2. The van der Waals surface area contributed by atoms with E-state index in [9.17, 15) is 50.7 Å². The molecule has 504 valence electrons. The van der Waals surface area contributed by atoms with Crippen molar-refractivity contribution in [2.45, 2.75) is 158 Å². The van der Waals surface area contributed by atoms with Gasteiger partial charge in [0, 0.05) is 31.2 Å². The topological polar surface area (TPSA) is 365 Å². The van der Waals surface area contributed by atoms with E-state index in [0.29, 0.717) is 78.9 Å². The molecule has 2 aromatic carbocycles. The Balaban J connectivity index is 0.000000196. The van der Waals surface area contributed by atoms with E-state index < -0.39 is 118 Å². The molecule has 6 aliphatic rings. The Bertz CT molecular complexity index is 4100. The van der Waals surface area contributed by atoms with Gasteiger partial charge in [-0.2, -0.15) is 0 Å². The molecule has 4 aliphatic carbocycles. The Labute approximate surface area is 553 Å². The third-order valence-corrected chi connectivity index (χ3v) is 22.4. The number of rotatable bonds is 20. The number of hydrogen-bond acceptors (Lipinski definition) is 21. The van der Waals surface area contributed by atoms with Gasteiger partial charge in [0.05, 0.1) is 54.9 Å². The van der Waals surface area contributed by atoms with Crippen LogP contribution in [0.2, 0.25) is 0 Å². The van der Waals surface area contributed by atoms with Gasteiger partial charge in [0.1, 0.15) is 46.8 Å². The highest BCUT2D eigenvalue weighted by atomic mass is 32.2. The lowest BCUT2D eigenvalue weighted by atomic mass is 9.88. The maximum Gasteiger partial charge on any atom is 0.333 e. The highest BCUT2D eigenvalue weighted by molar-refractivity contribution is 7.91. The summed E-state index contributed by atoms with van der Waals surface area (Å²) in [7, 11) is -7.59. The van der Waals surface area contributed by atoms with E-state index in [1.165, 1.54) is 33.6 Å². The Morgan fingerprint density at radius 3 is 1.44 bits per heavy atom. The monoisotopic (exact) mass is 1370 g/mol. The van der Waals surface area contributed by atoms with Gasteiger partial charge < -0.3 is 45.6 Å². The van der Waals surface area contributed by atoms with E-state index >= 15 is 0 Å². The van der Waals surface area contributed by atoms with Crippen molar-refractivity contribution < 1.29 is 70.4 Å². The molecule has 0 radical (unpaired) electrons. The van der Waals surface area contributed by atoms with E-state index in [-0.39, 0.29) is 50.6 Å². The quantitative estimate of drug-likeness (QED) is 0.0404. The van der Waals surface area contributed by atoms with Crippen molar-refractivity contribution in [3.63, 3.8) is 0 Å². The number of aliphatic hydroxyl groups is 2. The first-order chi connectivity index (χ1) is 43.9. The van der Waals surface area contributed by atoms with Gasteiger partial charge in [-0.25, -0.2) is 41.6 Å². The van der Waals surface area contributed by atoms with Crippen LogP contribution in [0.15, 0.2) is 109 Å². The van der Waals surface area contributed by atoms with E-state index in [2.05, 4.69) is 38.6 Å². The molecule has 29 heteroatoms. The summed E-state index contributed by atoms with van der Waals surface area (Å²) in [4.78, 5) is 99.2. The number of fused-ring (bicyclic) bond motifs is 2. The SMILES string of the molecule is C.C=C[C@@H]1C[C@]1(NC(=O)[C@@H]1C[C@@H](Oc2nc3ccccc3nc2-c2cccs2)CN1)C(=O)NS(=O)(=O)C1CC1.C=C[C@@H]1C[C@]1(NC(=O)[C@@H]1C[C@@H](Oc2nc3ccccc3nc2-c2cccs2)CN1C(=O)[C@@H](O)C(C)(C)C)C(=O)NS(=O)(=O)C1CC1.CC(C)(C)C(O)C(=O)O. The zero-order valence-electron chi connectivity index (χ0n) is 52.1. The number of benzene rings is 2. The predicted molar refractivity (Wildman–Crippen MR) is 355 cm³/mol. The van der Waals surface area contributed by atoms with Crippen LogP contribution >= 0.6 is 22.7 Å². The van der Waals surface area contributed by atoms with Crippen LogP contribution in [-0.2, 0) is 48.8 Å². The van der Waals surface area contributed by atoms with E-state index in [1.807, 2.05) is 83.6 Å². The van der Waals surface area contributed by atoms with Crippen LogP contribution in [0.3, 0.4) is 0 Å². The zero-order chi connectivity index (χ0) is 67.2. The molecule has 2 saturated heterocycles. The molecular weight excluding hydrogens is 1290 g/mol. The van der Waals surface area contributed by atoms with Gasteiger partial charge in [-0.3, -0.25) is 33.4 Å². The molecule has 8 N–H and O–H groups in total. The number of aromatic nitrogens is 4. The highest BCUT2D eigenvalue weighted by Gasteiger charge is 2.63. The average Bonchev–Trinajstić information content (AvgIpc) is 1.58. The largest absolute Gasteiger partial charge is 0.479 e. The third-order valence-electron chi connectivity index (χ3n) is 17.0. The molecule has 2 aliphatic heterocycles. The summed E-state index contributed by atoms with van der Waals surface area (Å²) in [6.07, 6.45) is 2.18. The molecule has 4 aromatic heterocycles. The molecule has 6 aromatic rings. The van der Waals surface area contributed by atoms with Crippen LogP contribution in [-0.4, -0.2) is 164 Å². The van der Waals surface area contributed by atoms with Gasteiger partial charge in [-0.05, 0) is 96.5 Å². The number of likely N-dealkylation sites (tertiary alicyclic amines) is 1. The molecule has 4 saturated carbocycles. The molecule has 12 rings (SSSR count).